The van der Waals surface area contributed by atoms with Gasteiger partial charge in [-0.1, -0.05) is 17.7 Å². The van der Waals surface area contributed by atoms with E-state index in [1.807, 2.05) is 49.1 Å². The summed E-state index contributed by atoms with van der Waals surface area (Å²) in [4.78, 5) is 12.2. The zero-order valence-electron chi connectivity index (χ0n) is 16.2. The molecule has 2 heterocycles. The third-order valence-electron chi connectivity index (χ3n) is 4.55. The topological polar surface area (TPSA) is 79.8 Å². The largest absolute Gasteiger partial charge is 0.488 e. The molecule has 4 rings (SSSR count). The van der Waals surface area contributed by atoms with Crippen molar-refractivity contribution in [2.24, 2.45) is 7.05 Å². The first-order chi connectivity index (χ1) is 13.9. The molecule has 2 aromatic heterocycles. The molecule has 9 heteroatoms. The highest BCUT2D eigenvalue weighted by atomic mass is 35.5. The SMILES string of the molecule is Cc1cnn(-c2ccc(OCc3c(Cl)cccc3-n3nnn(C)c3=O)c(C)c2)c1. The van der Waals surface area contributed by atoms with E-state index < -0.39 is 0 Å². The van der Waals surface area contributed by atoms with E-state index in [4.69, 9.17) is 16.3 Å². The smallest absolute Gasteiger partial charge is 0.368 e. The second kappa shape index (κ2) is 7.56. The maximum atomic E-state index is 12.2. The Labute approximate surface area is 171 Å². The molecule has 29 heavy (non-hydrogen) atoms. The lowest BCUT2D eigenvalue weighted by molar-refractivity contribution is 0.303. The second-order valence-electron chi connectivity index (χ2n) is 6.74. The van der Waals surface area contributed by atoms with Gasteiger partial charge in [0.2, 0.25) is 0 Å². The molecular weight excluding hydrogens is 392 g/mol. The summed E-state index contributed by atoms with van der Waals surface area (Å²) in [6.45, 7) is 4.15. The van der Waals surface area contributed by atoms with Gasteiger partial charge >= 0.3 is 5.69 Å². The number of halogens is 1. The van der Waals surface area contributed by atoms with Crippen LogP contribution in [0.25, 0.3) is 11.4 Å². The highest BCUT2D eigenvalue weighted by Crippen LogP contribution is 2.26. The summed E-state index contributed by atoms with van der Waals surface area (Å²) in [5.74, 6) is 0.718. The van der Waals surface area contributed by atoms with Crippen molar-refractivity contribution >= 4 is 11.6 Å². The van der Waals surface area contributed by atoms with E-state index in [1.54, 1.807) is 25.2 Å². The van der Waals surface area contributed by atoms with Gasteiger partial charge in [0.25, 0.3) is 0 Å². The van der Waals surface area contributed by atoms with Gasteiger partial charge in [0, 0.05) is 23.8 Å². The quantitative estimate of drug-likeness (QED) is 0.505. The molecule has 8 nitrogen and oxygen atoms in total. The summed E-state index contributed by atoms with van der Waals surface area (Å²) in [5.41, 5.74) is 3.84. The van der Waals surface area contributed by atoms with Crippen LogP contribution in [0, 0.1) is 13.8 Å². The Morgan fingerprint density at radius 3 is 2.62 bits per heavy atom. The third-order valence-corrected chi connectivity index (χ3v) is 4.90. The number of hydrogen-bond donors (Lipinski definition) is 0. The van der Waals surface area contributed by atoms with Crippen LogP contribution in [0.1, 0.15) is 16.7 Å². The predicted octanol–water partition coefficient (Wildman–Crippen LogP) is 3.00. The Bertz CT molecular complexity index is 1240. The maximum absolute atomic E-state index is 12.2. The van der Waals surface area contributed by atoms with E-state index in [1.165, 1.54) is 4.68 Å². The number of ether oxygens (including phenoxy) is 1. The van der Waals surface area contributed by atoms with E-state index in [9.17, 15) is 4.79 Å². The fourth-order valence-electron chi connectivity index (χ4n) is 3.00. The van der Waals surface area contributed by atoms with E-state index in [0.29, 0.717) is 16.3 Å². The van der Waals surface area contributed by atoms with Crippen molar-refractivity contribution in [3.8, 4) is 17.1 Å². The number of aromatic nitrogens is 6. The molecule has 4 aromatic rings. The van der Waals surface area contributed by atoms with Crippen LogP contribution in [0.2, 0.25) is 5.02 Å². The molecule has 2 aromatic carbocycles. The Morgan fingerprint density at radius 1 is 1.14 bits per heavy atom. The van der Waals surface area contributed by atoms with Crippen molar-refractivity contribution in [2.45, 2.75) is 20.5 Å². The van der Waals surface area contributed by atoms with E-state index in [-0.39, 0.29) is 12.3 Å². The highest BCUT2D eigenvalue weighted by molar-refractivity contribution is 6.31. The summed E-state index contributed by atoms with van der Waals surface area (Å²) in [5, 5.41) is 12.5. The third kappa shape index (κ3) is 3.66. The molecule has 0 radical (unpaired) electrons. The molecule has 0 unspecified atom stereocenters. The lowest BCUT2D eigenvalue weighted by Gasteiger charge is -2.14. The highest BCUT2D eigenvalue weighted by Gasteiger charge is 2.15. The number of aryl methyl sites for hydroxylation is 3. The van der Waals surface area contributed by atoms with Crippen LogP contribution < -0.4 is 10.4 Å². The molecule has 0 aliphatic rings. The number of rotatable bonds is 5. The molecule has 0 amide bonds. The molecule has 0 aliphatic carbocycles. The zero-order chi connectivity index (χ0) is 20.5. The monoisotopic (exact) mass is 410 g/mol. The van der Waals surface area contributed by atoms with Gasteiger partial charge in [0.05, 0.1) is 17.6 Å². The van der Waals surface area contributed by atoms with Crippen molar-refractivity contribution < 1.29 is 4.74 Å². The van der Waals surface area contributed by atoms with Crippen LogP contribution in [0.3, 0.4) is 0 Å². The fourth-order valence-corrected chi connectivity index (χ4v) is 3.22. The van der Waals surface area contributed by atoms with Crippen molar-refractivity contribution in [1.29, 1.82) is 0 Å². The normalized spacial score (nSPS) is 11.0. The molecule has 0 fully saturated rings. The van der Waals surface area contributed by atoms with Crippen molar-refractivity contribution in [2.75, 3.05) is 0 Å². The summed E-state index contributed by atoms with van der Waals surface area (Å²) in [6, 6.07) is 11.1. The van der Waals surface area contributed by atoms with Crippen molar-refractivity contribution in [3.05, 3.63) is 81.0 Å². The van der Waals surface area contributed by atoms with Gasteiger partial charge in [0.15, 0.2) is 0 Å². The summed E-state index contributed by atoms with van der Waals surface area (Å²) in [7, 11) is 1.54. The molecule has 0 atom stereocenters. The van der Waals surface area contributed by atoms with Crippen LogP contribution in [0.5, 0.6) is 5.75 Å². The minimum Gasteiger partial charge on any atom is -0.488 e. The average Bonchev–Trinajstić information content (AvgIpc) is 3.27. The van der Waals surface area contributed by atoms with Gasteiger partial charge in [-0.05, 0) is 65.7 Å². The average molecular weight is 411 g/mol. The van der Waals surface area contributed by atoms with Gasteiger partial charge in [-0.2, -0.15) is 14.5 Å². The number of nitrogens with zero attached hydrogens (tertiary/aromatic N) is 6. The molecule has 0 bridgehead atoms. The van der Waals surface area contributed by atoms with E-state index in [0.717, 1.165) is 27.2 Å². The molecule has 148 valence electrons. The zero-order valence-corrected chi connectivity index (χ0v) is 17.0. The number of tetrazole rings is 1. The van der Waals surface area contributed by atoms with Crippen LogP contribution >= 0.6 is 11.6 Å². The molecule has 0 saturated heterocycles. The second-order valence-corrected chi connectivity index (χ2v) is 7.14. The Balaban J connectivity index is 1.61. The lowest BCUT2D eigenvalue weighted by Crippen LogP contribution is -2.23. The molecule has 0 spiro atoms. The van der Waals surface area contributed by atoms with Crippen LogP contribution in [-0.4, -0.2) is 29.6 Å². The summed E-state index contributed by atoms with van der Waals surface area (Å²) < 4.78 is 10.2. The maximum Gasteiger partial charge on any atom is 0.368 e. The van der Waals surface area contributed by atoms with Crippen LogP contribution in [-0.2, 0) is 13.7 Å². The van der Waals surface area contributed by atoms with Gasteiger partial charge in [0.1, 0.15) is 12.4 Å². The van der Waals surface area contributed by atoms with Crippen LogP contribution in [0.4, 0.5) is 0 Å². The van der Waals surface area contributed by atoms with Gasteiger partial charge < -0.3 is 4.74 Å². The van der Waals surface area contributed by atoms with Gasteiger partial charge in [-0.3, -0.25) is 0 Å². The number of hydrogen-bond acceptors (Lipinski definition) is 5. The van der Waals surface area contributed by atoms with Crippen molar-refractivity contribution in [3.63, 3.8) is 0 Å². The van der Waals surface area contributed by atoms with Crippen molar-refractivity contribution in [1.82, 2.24) is 29.6 Å². The minimum atomic E-state index is -0.358. The fraction of sp³-hybridized carbons (Fsp3) is 0.200. The first-order valence-electron chi connectivity index (χ1n) is 8.96. The van der Waals surface area contributed by atoms with Gasteiger partial charge in [-0.25, -0.2) is 9.48 Å². The Kier molecular flexibility index (Phi) is 4.94. The van der Waals surface area contributed by atoms with Crippen LogP contribution in [0.15, 0.2) is 53.6 Å². The first kappa shape index (κ1) is 18.9. The first-order valence-corrected chi connectivity index (χ1v) is 9.33. The molecular formula is C20H19ClN6O2. The lowest BCUT2D eigenvalue weighted by atomic mass is 10.1. The Morgan fingerprint density at radius 2 is 1.97 bits per heavy atom. The van der Waals surface area contributed by atoms with E-state index in [2.05, 4.69) is 15.5 Å². The summed E-state index contributed by atoms with van der Waals surface area (Å²) in [6.07, 6.45) is 3.77. The number of benzene rings is 2. The van der Waals surface area contributed by atoms with Gasteiger partial charge in [-0.15, -0.1) is 0 Å². The molecule has 0 saturated carbocycles. The Hall–Kier alpha value is -3.39. The summed E-state index contributed by atoms with van der Waals surface area (Å²) >= 11 is 6.39. The minimum absolute atomic E-state index is 0.180. The predicted molar refractivity (Wildman–Crippen MR) is 109 cm³/mol. The molecule has 0 N–H and O–H groups in total. The standard InChI is InChI=1S/C20H19ClN6O2/c1-13-10-22-26(11-13)15-7-8-19(14(2)9-15)29-12-16-17(21)5-4-6-18(16)27-20(28)25(3)23-24-27/h4-11H,12H2,1-3H3. The molecule has 0 aliphatic heterocycles. The van der Waals surface area contributed by atoms with E-state index >= 15 is 0 Å².